The summed E-state index contributed by atoms with van der Waals surface area (Å²) in [6, 6.07) is 10.5. The first-order valence-corrected chi connectivity index (χ1v) is 6.05. The summed E-state index contributed by atoms with van der Waals surface area (Å²) in [6.45, 7) is 10.5. The molecule has 1 aromatic heterocycles. The summed E-state index contributed by atoms with van der Waals surface area (Å²) >= 11 is 0. The minimum atomic E-state index is 0.500. The van der Waals surface area contributed by atoms with Gasteiger partial charge < -0.3 is 0 Å². The van der Waals surface area contributed by atoms with E-state index in [1.807, 2.05) is 19.9 Å². The Morgan fingerprint density at radius 1 is 1.06 bits per heavy atom. The van der Waals surface area contributed by atoms with E-state index in [0.717, 1.165) is 5.52 Å². The summed E-state index contributed by atoms with van der Waals surface area (Å²) in [4.78, 5) is 4.67. The van der Waals surface area contributed by atoms with E-state index in [9.17, 15) is 0 Å². The number of hydrogen-bond donors (Lipinski definition) is 0. The van der Waals surface area contributed by atoms with Crippen LogP contribution in [0.15, 0.2) is 30.3 Å². The minimum absolute atomic E-state index is 0.500. The van der Waals surface area contributed by atoms with Gasteiger partial charge in [0.1, 0.15) is 0 Å². The van der Waals surface area contributed by atoms with Crippen LogP contribution in [0.2, 0.25) is 0 Å². The quantitative estimate of drug-likeness (QED) is 0.672. The third-order valence-electron chi connectivity index (χ3n) is 2.50. The predicted molar refractivity (Wildman–Crippen MR) is 71.9 cm³/mol. The smallest absolute Gasteiger partial charge is 0.0705 e. The van der Waals surface area contributed by atoms with Crippen molar-refractivity contribution in [3.8, 4) is 0 Å². The van der Waals surface area contributed by atoms with Crippen LogP contribution in [0.1, 0.15) is 44.9 Å². The average molecular weight is 215 g/mol. The van der Waals surface area contributed by atoms with Crippen LogP contribution in [0, 0.1) is 6.92 Å². The lowest BCUT2D eigenvalue weighted by Crippen LogP contribution is -1.96. The maximum absolute atomic E-state index is 4.67. The van der Waals surface area contributed by atoms with Crippen molar-refractivity contribution in [2.75, 3.05) is 0 Å². The topological polar surface area (TPSA) is 12.9 Å². The molecule has 0 fully saturated rings. The van der Waals surface area contributed by atoms with E-state index in [1.165, 1.54) is 16.6 Å². The lowest BCUT2D eigenvalue weighted by molar-refractivity contribution is 0.819. The standard InChI is InChI=1S/C13H15N.C2H6/c1-9(2)13-10(3)8-11-6-4-5-7-12(11)14-13;1-2/h4-9H,1-3H3;1-2H3. The van der Waals surface area contributed by atoms with Crippen LogP contribution in [-0.2, 0) is 0 Å². The van der Waals surface area contributed by atoms with Crippen molar-refractivity contribution < 1.29 is 0 Å². The molecule has 0 N–H and O–H groups in total. The van der Waals surface area contributed by atoms with Gasteiger partial charge in [-0.05, 0) is 30.5 Å². The zero-order valence-electron chi connectivity index (χ0n) is 10.9. The Balaban J connectivity index is 0.000000606. The first-order valence-electron chi connectivity index (χ1n) is 6.05. The van der Waals surface area contributed by atoms with Crippen molar-refractivity contribution >= 4 is 10.9 Å². The number of benzene rings is 1. The maximum atomic E-state index is 4.67. The molecule has 0 aliphatic heterocycles. The molecule has 1 heterocycles. The van der Waals surface area contributed by atoms with Gasteiger partial charge in [0.05, 0.1) is 5.52 Å². The van der Waals surface area contributed by atoms with Gasteiger partial charge in [-0.2, -0.15) is 0 Å². The van der Waals surface area contributed by atoms with Gasteiger partial charge in [0.2, 0.25) is 0 Å². The Morgan fingerprint density at radius 2 is 1.69 bits per heavy atom. The average Bonchev–Trinajstić information content (AvgIpc) is 2.30. The molecular weight excluding hydrogens is 194 g/mol. The van der Waals surface area contributed by atoms with Crippen LogP contribution in [0.25, 0.3) is 10.9 Å². The molecule has 1 heteroatoms. The highest BCUT2D eigenvalue weighted by Gasteiger charge is 2.06. The van der Waals surface area contributed by atoms with Gasteiger partial charge in [-0.25, -0.2) is 0 Å². The summed E-state index contributed by atoms with van der Waals surface area (Å²) < 4.78 is 0. The molecule has 0 atom stereocenters. The lowest BCUT2D eigenvalue weighted by Gasteiger charge is -2.09. The second-order valence-corrected chi connectivity index (χ2v) is 4.04. The summed E-state index contributed by atoms with van der Waals surface area (Å²) in [5.41, 5.74) is 3.60. The van der Waals surface area contributed by atoms with E-state index in [-0.39, 0.29) is 0 Å². The van der Waals surface area contributed by atoms with Gasteiger partial charge in [0, 0.05) is 11.1 Å². The summed E-state index contributed by atoms with van der Waals surface area (Å²) in [7, 11) is 0. The third-order valence-corrected chi connectivity index (χ3v) is 2.50. The highest BCUT2D eigenvalue weighted by molar-refractivity contribution is 5.79. The highest BCUT2D eigenvalue weighted by Crippen LogP contribution is 2.21. The van der Waals surface area contributed by atoms with E-state index in [4.69, 9.17) is 0 Å². The van der Waals surface area contributed by atoms with Gasteiger partial charge in [-0.15, -0.1) is 0 Å². The van der Waals surface area contributed by atoms with E-state index < -0.39 is 0 Å². The number of rotatable bonds is 1. The molecule has 0 bridgehead atoms. The van der Waals surface area contributed by atoms with Crippen LogP contribution >= 0.6 is 0 Å². The van der Waals surface area contributed by atoms with E-state index in [0.29, 0.717) is 5.92 Å². The first-order chi connectivity index (χ1) is 7.68. The molecule has 1 nitrogen and oxygen atoms in total. The molecular formula is C15H21N. The second kappa shape index (κ2) is 5.64. The number of aromatic nitrogens is 1. The van der Waals surface area contributed by atoms with Gasteiger partial charge in [-0.3, -0.25) is 4.98 Å². The Kier molecular flexibility index (Phi) is 4.48. The zero-order chi connectivity index (χ0) is 12.1. The van der Waals surface area contributed by atoms with Crippen molar-refractivity contribution in [3.05, 3.63) is 41.6 Å². The fourth-order valence-corrected chi connectivity index (χ4v) is 1.82. The van der Waals surface area contributed by atoms with E-state index in [1.54, 1.807) is 0 Å². The van der Waals surface area contributed by atoms with Crippen LogP contribution in [0.3, 0.4) is 0 Å². The van der Waals surface area contributed by atoms with Crippen LogP contribution in [0.4, 0.5) is 0 Å². The molecule has 86 valence electrons. The van der Waals surface area contributed by atoms with Crippen LogP contribution < -0.4 is 0 Å². The molecule has 2 rings (SSSR count). The van der Waals surface area contributed by atoms with Gasteiger partial charge in [-0.1, -0.05) is 45.9 Å². The predicted octanol–water partition coefficient (Wildman–Crippen LogP) is 4.69. The monoisotopic (exact) mass is 215 g/mol. The van der Waals surface area contributed by atoms with Gasteiger partial charge >= 0.3 is 0 Å². The minimum Gasteiger partial charge on any atom is -0.252 e. The molecule has 1 aromatic carbocycles. The Bertz CT molecular complexity index is 458. The number of para-hydroxylation sites is 1. The van der Waals surface area contributed by atoms with Crippen molar-refractivity contribution in [2.24, 2.45) is 0 Å². The number of fused-ring (bicyclic) bond motifs is 1. The number of pyridine rings is 1. The molecule has 0 amide bonds. The largest absolute Gasteiger partial charge is 0.252 e. The third kappa shape index (κ3) is 2.60. The zero-order valence-corrected chi connectivity index (χ0v) is 10.9. The van der Waals surface area contributed by atoms with Crippen LogP contribution in [-0.4, -0.2) is 4.98 Å². The highest BCUT2D eigenvalue weighted by atomic mass is 14.7. The molecule has 0 saturated heterocycles. The van der Waals surface area contributed by atoms with E-state index >= 15 is 0 Å². The summed E-state index contributed by atoms with van der Waals surface area (Å²) in [5, 5.41) is 1.23. The molecule has 0 aliphatic carbocycles. The van der Waals surface area contributed by atoms with Gasteiger partial charge in [0.15, 0.2) is 0 Å². The Hall–Kier alpha value is -1.37. The van der Waals surface area contributed by atoms with Crippen molar-refractivity contribution in [2.45, 2.75) is 40.5 Å². The number of hydrogen-bond acceptors (Lipinski definition) is 1. The second-order valence-electron chi connectivity index (χ2n) is 4.04. The van der Waals surface area contributed by atoms with Gasteiger partial charge in [0.25, 0.3) is 0 Å². The lowest BCUT2D eigenvalue weighted by atomic mass is 10.0. The summed E-state index contributed by atoms with van der Waals surface area (Å²) in [5.74, 6) is 0.500. The van der Waals surface area contributed by atoms with Crippen molar-refractivity contribution in [1.82, 2.24) is 4.98 Å². The molecule has 0 spiro atoms. The number of aryl methyl sites for hydroxylation is 1. The van der Waals surface area contributed by atoms with E-state index in [2.05, 4.69) is 50.0 Å². The summed E-state index contributed by atoms with van der Waals surface area (Å²) in [6.07, 6.45) is 0. The van der Waals surface area contributed by atoms with Crippen LogP contribution in [0.5, 0.6) is 0 Å². The van der Waals surface area contributed by atoms with Crippen molar-refractivity contribution in [3.63, 3.8) is 0 Å². The van der Waals surface area contributed by atoms with Crippen molar-refractivity contribution in [1.29, 1.82) is 0 Å². The Labute approximate surface area is 98.5 Å². The first kappa shape index (κ1) is 12.7. The fraction of sp³-hybridized carbons (Fsp3) is 0.400. The molecule has 0 radical (unpaired) electrons. The molecule has 0 aliphatic rings. The molecule has 2 aromatic rings. The number of nitrogens with zero attached hydrogens (tertiary/aromatic N) is 1. The molecule has 0 unspecified atom stereocenters. The fourth-order valence-electron chi connectivity index (χ4n) is 1.82. The maximum Gasteiger partial charge on any atom is 0.0705 e. The Morgan fingerprint density at radius 3 is 2.31 bits per heavy atom. The molecule has 16 heavy (non-hydrogen) atoms. The SMILES string of the molecule is CC.Cc1cc2ccccc2nc1C(C)C. The normalized spacial score (nSPS) is 10.1. The molecule has 0 saturated carbocycles.